The topological polar surface area (TPSA) is 154 Å². The van der Waals surface area contributed by atoms with E-state index in [-0.39, 0.29) is 24.4 Å². The van der Waals surface area contributed by atoms with Crippen LogP contribution in [0.15, 0.2) is 125 Å². The molecule has 0 fully saturated rings. The van der Waals surface area contributed by atoms with Gasteiger partial charge in [0, 0.05) is 64.3 Å². The van der Waals surface area contributed by atoms with Crippen LogP contribution in [0.1, 0.15) is 39.6 Å². The second-order valence-corrected chi connectivity index (χ2v) is 13.2. The number of rotatable bonds is 13. The van der Waals surface area contributed by atoms with Gasteiger partial charge in [-0.1, -0.05) is 95.7 Å². The smallest absolute Gasteiger partial charge is 0.252 e. The average Bonchev–Trinajstić information content (AvgIpc) is 3.57. The van der Waals surface area contributed by atoms with Gasteiger partial charge < -0.3 is 32.0 Å². The van der Waals surface area contributed by atoms with Crippen molar-refractivity contribution in [3.63, 3.8) is 0 Å². The molecule has 0 saturated heterocycles. The molecule has 0 bridgehead atoms. The van der Waals surface area contributed by atoms with Gasteiger partial charge in [0.25, 0.3) is 5.91 Å². The number of carbonyl (C=O) groups excluding carboxylic acids is 3. The Morgan fingerprint density at radius 1 is 0.788 bits per heavy atom. The first-order chi connectivity index (χ1) is 25.3. The van der Waals surface area contributed by atoms with Gasteiger partial charge in [-0.3, -0.25) is 14.4 Å². The number of H-pyrrole nitrogens is 1. The number of nitrogens with one attached hydrogen (secondary N) is 5. The monoisotopic (exact) mass is 757 g/mol. The number of benzene rings is 5. The van der Waals surface area contributed by atoms with Crippen molar-refractivity contribution in [2.24, 2.45) is 10.7 Å². The maximum absolute atomic E-state index is 14.3. The molecule has 52 heavy (non-hydrogen) atoms. The number of hydrogen-bond donors (Lipinski definition) is 6. The first-order valence-corrected chi connectivity index (χ1v) is 18.0. The number of nitrogens with zero attached hydrogens (tertiary/aromatic N) is 1. The third kappa shape index (κ3) is 8.50. The molecule has 0 saturated carbocycles. The number of guanidine groups is 1. The van der Waals surface area contributed by atoms with E-state index >= 15 is 0 Å². The van der Waals surface area contributed by atoms with E-state index in [0.717, 1.165) is 45.9 Å². The van der Waals surface area contributed by atoms with Crippen LogP contribution in [0.5, 0.6) is 0 Å². The molecule has 0 aliphatic rings. The first kappa shape index (κ1) is 35.9. The summed E-state index contributed by atoms with van der Waals surface area (Å²) in [5.74, 6) is -0.819. The zero-order valence-corrected chi connectivity index (χ0v) is 30.3. The van der Waals surface area contributed by atoms with Crippen LogP contribution in [0, 0.1) is 0 Å². The number of nitrogens with two attached hydrogens (primary N) is 1. The van der Waals surface area contributed by atoms with Crippen LogP contribution in [0.25, 0.3) is 32.8 Å². The Hall–Kier alpha value is -5.94. The number of halogens is 1. The highest BCUT2D eigenvalue weighted by Gasteiger charge is 2.26. The molecular formula is C41H40BrN7O3. The fraction of sp³-hybridized carbons (Fsp3) is 0.171. The van der Waals surface area contributed by atoms with E-state index in [4.69, 9.17) is 5.73 Å². The van der Waals surface area contributed by atoms with Crippen molar-refractivity contribution >= 4 is 67.0 Å². The predicted molar refractivity (Wildman–Crippen MR) is 212 cm³/mol. The van der Waals surface area contributed by atoms with Crippen molar-refractivity contribution in [1.82, 2.24) is 26.3 Å². The summed E-state index contributed by atoms with van der Waals surface area (Å²) in [5.41, 5.74) is 10.1. The van der Waals surface area contributed by atoms with E-state index in [1.165, 1.54) is 0 Å². The third-order valence-electron chi connectivity index (χ3n) is 8.67. The number of aromatic nitrogens is 1. The first-order valence-electron chi connectivity index (χ1n) is 17.2. The lowest BCUT2D eigenvalue weighted by Gasteiger charge is -2.21. The van der Waals surface area contributed by atoms with Gasteiger partial charge in [-0.15, -0.1) is 0 Å². The number of para-hydroxylation sites is 2. The summed E-state index contributed by atoms with van der Waals surface area (Å²) in [4.78, 5) is 48.9. The number of hydrogen-bond acceptors (Lipinski definition) is 4. The standard InChI is InChI=1S/C41H40BrN7O3/c1-2-20-45-41(48-29-11-4-3-5-12-29)46-22-21-44-40(52)36(23-27-25-47-35-15-9-8-13-30(27)35)49-39(51)34-24-28(42)17-19-32(34)37-31-14-7-6-10-26(31)16-18-33(37)38(43)50/h3-19,24-25,36,47H,2,20-23H2,1H3,(H2,43,50)(H,44,52)(H,49,51)(H2,45,46,48). The van der Waals surface area contributed by atoms with E-state index in [9.17, 15) is 14.4 Å². The van der Waals surface area contributed by atoms with Gasteiger partial charge in [0.1, 0.15) is 6.04 Å². The second kappa shape index (κ2) is 16.8. The maximum atomic E-state index is 14.3. The Morgan fingerprint density at radius 2 is 1.50 bits per heavy atom. The minimum Gasteiger partial charge on any atom is -0.366 e. The van der Waals surface area contributed by atoms with Gasteiger partial charge in [0.2, 0.25) is 11.8 Å². The zero-order chi connectivity index (χ0) is 36.5. The number of fused-ring (bicyclic) bond motifs is 2. The van der Waals surface area contributed by atoms with Crippen molar-refractivity contribution in [1.29, 1.82) is 0 Å². The molecule has 1 atom stereocenters. The van der Waals surface area contributed by atoms with Crippen molar-refractivity contribution in [2.75, 3.05) is 19.6 Å². The highest BCUT2D eigenvalue weighted by molar-refractivity contribution is 9.10. The fourth-order valence-corrected chi connectivity index (χ4v) is 6.52. The number of amides is 3. The quantitative estimate of drug-likeness (QED) is 0.0446. The van der Waals surface area contributed by atoms with Gasteiger partial charge in [-0.2, -0.15) is 0 Å². The van der Waals surface area contributed by atoms with E-state index in [2.05, 4.69) is 54.1 Å². The molecule has 3 amide bonds. The molecular weight excluding hydrogens is 718 g/mol. The lowest BCUT2D eigenvalue weighted by molar-refractivity contribution is -0.122. The molecule has 1 aromatic heterocycles. The SMILES string of the molecule is CCCNC(=Nc1ccccc1)NCCNC(=O)C(Cc1c[nH]c2ccccc12)NC(=O)c1cc(Br)ccc1-c1c(C(N)=O)ccc2ccccc12. The molecule has 0 spiro atoms. The van der Waals surface area contributed by atoms with Gasteiger partial charge >= 0.3 is 0 Å². The van der Waals surface area contributed by atoms with Gasteiger partial charge in [0.05, 0.1) is 5.69 Å². The Balaban J connectivity index is 1.27. The molecule has 1 unspecified atom stereocenters. The van der Waals surface area contributed by atoms with E-state index in [1.54, 1.807) is 18.2 Å². The van der Waals surface area contributed by atoms with Crippen LogP contribution in [-0.4, -0.2) is 54.3 Å². The van der Waals surface area contributed by atoms with Crippen molar-refractivity contribution in [3.8, 4) is 11.1 Å². The van der Waals surface area contributed by atoms with Gasteiger partial charge in [-0.05, 0) is 64.7 Å². The Kier molecular flexibility index (Phi) is 11.6. The molecule has 0 aliphatic carbocycles. The summed E-state index contributed by atoms with van der Waals surface area (Å²) in [6.45, 7) is 3.49. The van der Waals surface area contributed by atoms with Gasteiger partial charge in [-0.25, -0.2) is 4.99 Å². The van der Waals surface area contributed by atoms with Crippen molar-refractivity contribution in [2.45, 2.75) is 25.8 Å². The minimum absolute atomic E-state index is 0.234. The summed E-state index contributed by atoms with van der Waals surface area (Å²) in [7, 11) is 0. The summed E-state index contributed by atoms with van der Waals surface area (Å²) in [6, 6.07) is 32.9. The van der Waals surface area contributed by atoms with Crippen LogP contribution in [-0.2, 0) is 11.2 Å². The minimum atomic E-state index is -0.933. The van der Waals surface area contributed by atoms with Crippen LogP contribution < -0.4 is 27.0 Å². The van der Waals surface area contributed by atoms with Crippen molar-refractivity contribution in [3.05, 3.63) is 137 Å². The fourth-order valence-electron chi connectivity index (χ4n) is 6.16. The molecule has 0 aliphatic heterocycles. The van der Waals surface area contributed by atoms with Gasteiger partial charge in [0.15, 0.2) is 5.96 Å². The number of aromatic amines is 1. The number of aliphatic imine (C=N–C) groups is 1. The van der Waals surface area contributed by atoms with Crippen molar-refractivity contribution < 1.29 is 14.4 Å². The van der Waals surface area contributed by atoms with Crippen LogP contribution in [0.4, 0.5) is 5.69 Å². The molecule has 10 nitrogen and oxygen atoms in total. The predicted octanol–water partition coefficient (Wildman–Crippen LogP) is 6.58. The summed E-state index contributed by atoms with van der Waals surface area (Å²) >= 11 is 3.52. The highest BCUT2D eigenvalue weighted by Crippen LogP contribution is 2.36. The maximum Gasteiger partial charge on any atom is 0.252 e. The van der Waals surface area contributed by atoms with Crippen LogP contribution >= 0.6 is 15.9 Å². The molecule has 7 N–H and O–H groups in total. The Labute approximate surface area is 310 Å². The molecule has 0 radical (unpaired) electrons. The Bertz CT molecular complexity index is 2250. The molecule has 6 aromatic rings. The highest BCUT2D eigenvalue weighted by atomic mass is 79.9. The largest absolute Gasteiger partial charge is 0.366 e. The van der Waals surface area contributed by atoms with E-state index in [0.29, 0.717) is 33.7 Å². The number of carbonyl (C=O) groups is 3. The summed E-state index contributed by atoms with van der Waals surface area (Å²) < 4.78 is 0.663. The second-order valence-electron chi connectivity index (χ2n) is 12.3. The number of primary amides is 1. The lowest BCUT2D eigenvalue weighted by atomic mass is 9.89. The molecule has 1 heterocycles. The van der Waals surface area contributed by atoms with Crippen LogP contribution in [0.2, 0.25) is 0 Å². The van der Waals surface area contributed by atoms with E-state index in [1.807, 2.05) is 97.2 Å². The Morgan fingerprint density at radius 3 is 2.29 bits per heavy atom. The normalized spacial score (nSPS) is 12.0. The third-order valence-corrected chi connectivity index (χ3v) is 9.16. The molecule has 5 aromatic carbocycles. The zero-order valence-electron chi connectivity index (χ0n) is 28.7. The molecule has 11 heteroatoms. The molecule has 6 rings (SSSR count). The summed E-state index contributed by atoms with van der Waals surface area (Å²) in [6.07, 6.45) is 3.02. The summed E-state index contributed by atoms with van der Waals surface area (Å²) in [5, 5.41) is 15.2. The lowest BCUT2D eigenvalue weighted by Crippen LogP contribution is -2.50. The molecule has 264 valence electrons. The van der Waals surface area contributed by atoms with E-state index < -0.39 is 17.9 Å². The average molecular weight is 759 g/mol. The van der Waals surface area contributed by atoms with Crippen LogP contribution in [0.3, 0.4) is 0 Å².